The number of nitrogens with one attached hydrogen (secondary N) is 1. The summed E-state index contributed by atoms with van der Waals surface area (Å²) in [7, 11) is -3.83. The molecule has 0 radical (unpaired) electrons. The number of carbonyl (C=O) groups excluding carboxylic acids is 1. The summed E-state index contributed by atoms with van der Waals surface area (Å²) < 4.78 is 34.2. The van der Waals surface area contributed by atoms with E-state index < -0.39 is 15.9 Å². The summed E-state index contributed by atoms with van der Waals surface area (Å²) in [5, 5.41) is 0. The number of rotatable bonds is 8. The van der Waals surface area contributed by atoms with Crippen LogP contribution in [-0.4, -0.2) is 14.3 Å². The largest absolute Gasteiger partial charge is 0.457 e. The van der Waals surface area contributed by atoms with Crippen LogP contribution in [0.4, 0.5) is 5.69 Å². The second kappa shape index (κ2) is 9.00. The molecule has 0 aliphatic heterocycles. The Bertz CT molecular complexity index is 1130. The Balaban J connectivity index is 1.88. The van der Waals surface area contributed by atoms with Gasteiger partial charge >= 0.3 is 0 Å². The zero-order valence-electron chi connectivity index (χ0n) is 16.8. The number of amides is 1. The number of benzene rings is 3. The first-order valence-electron chi connectivity index (χ1n) is 9.53. The molecule has 3 N–H and O–H groups in total. The maximum absolute atomic E-state index is 12.8. The molecule has 3 aromatic rings. The SMILES string of the molecule is CC(C)Cc1cc(Oc2ccccc2)ccc1NS(=O)(=O)c1ccc(C(N)=O)cc1. The van der Waals surface area contributed by atoms with E-state index in [-0.39, 0.29) is 10.5 Å². The molecule has 1 amide bonds. The van der Waals surface area contributed by atoms with Crippen molar-refractivity contribution in [1.82, 2.24) is 0 Å². The van der Waals surface area contributed by atoms with Gasteiger partial charge in [-0.2, -0.15) is 0 Å². The molecule has 7 heteroatoms. The molecule has 0 saturated carbocycles. The van der Waals surface area contributed by atoms with E-state index in [1.807, 2.05) is 36.4 Å². The zero-order valence-corrected chi connectivity index (χ0v) is 17.6. The van der Waals surface area contributed by atoms with E-state index in [9.17, 15) is 13.2 Å². The molecule has 6 nitrogen and oxygen atoms in total. The number of sulfonamides is 1. The van der Waals surface area contributed by atoms with Crippen molar-refractivity contribution < 1.29 is 17.9 Å². The van der Waals surface area contributed by atoms with Crippen molar-refractivity contribution in [3.63, 3.8) is 0 Å². The van der Waals surface area contributed by atoms with Crippen molar-refractivity contribution in [2.75, 3.05) is 4.72 Å². The zero-order chi connectivity index (χ0) is 21.7. The summed E-state index contributed by atoms with van der Waals surface area (Å²) in [5.41, 5.74) is 6.78. The molecule has 3 aromatic carbocycles. The lowest BCUT2D eigenvalue weighted by molar-refractivity contribution is 0.1000. The molecule has 156 valence electrons. The molecule has 3 rings (SSSR count). The van der Waals surface area contributed by atoms with Crippen molar-refractivity contribution in [2.45, 2.75) is 25.2 Å². The smallest absolute Gasteiger partial charge is 0.261 e. The Morgan fingerprint density at radius 3 is 2.23 bits per heavy atom. The first-order chi connectivity index (χ1) is 14.2. The minimum atomic E-state index is -3.83. The first kappa shape index (κ1) is 21.4. The van der Waals surface area contributed by atoms with Gasteiger partial charge in [0.2, 0.25) is 5.91 Å². The van der Waals surface area contributed by atoms with Crippen LogP contribution in [0.15, 0.2) is 77.7 Å². The number of hydrogen-bond donors (Lipinski definition) is 2. The van der Waals surface area contributed by atoms with Crippen LogP contribution in [0, 0.1) is 5.92 Å². The third kappa shape index (κ3) is 5.39. The van der Waals surface area contributed by atoms with Gasteiger partial charge in [0.05, 0.1) is 10.6 Å². The Hall–Kier alpha value is -3.32. The number of carbonyl (C=O) groups is 1. The molecule has 0 heterocycles. The van der Waals surface area contributed by atoms with Gasteiger partial charge in [0.15, 0.2) is 0 Å². The molecule has 0 aromatic heterocycles. The normalized spacial score (nSPS) is 11.3. The highest BCUT2D eigenvalue weighted by Gasteiger charge is 2.18. The molecule has 0 fully saturated rings. The fourth-order valence-electron chi connectivity index (χ4n) is 2.97. The van der Waals surface area contributed by atoms with Crippen molar-refractivity contribution >= 4 is 21.6 Å². The maximum Gasteiger partial charge on any atom is 0.261 e. The quantitative estimate of drug-likeness (QED) is 0.553. The highest BCUT2D eigenvalue weighted by Crippen LogP contribution is 2.29. The van der Waals surface area contributed by atoms with Crippen LogP contribution in [0.25, 0.3) is 0 Å². The molecule has 0 aliphatic carbocycles. The number of para-hydroxylation sites is 1. The average Bonchev–Trinajstić information content (AvgIpc) is 2.70. The molecule has 30 heavy (non-hydrogen) atoms. The molecular weight excluding hydrogens is 400 g/mol. The van der Waals surface area contributed by atoms with Gasteiger partial charge in [0.1, 0.15) is 11.5 Å². The summed E-state index contributed by atoms with van der Waals surface area (Å²) in [6.45, 7) is 4.12. The van der Waals surface area contributed by atoms with Crippen LogP contribution in [0.2, 0.25) is 0 Å². The van der Waals surface area contributed by atoms with Crippen molar-refractivity contribution in [1.29, 1.82) is 0 Å². The lowest BCUT2D eigenvalue weighted by Gasteiger charge is -2.16. The molecule has 0 atom stereocenters. The minimum absolute atomic E-state index is 0.0487. The Morgan fingerprint density at radius 1 is 0.967 bits per heavy atom. The van der Waals surface area contributed by atoms with Crippen LogP contribution in [0.5, 0.6) is 11.5 Å². The van der Waals surface area contributed by atoms with E-state index in [0.717, 1.165) is 5.56 Å². The van der Waals surface area contributed by atoms with E-state index in [2.05, 4.69) is 18.6 Å². The van der Waals surface area contributed by atoms with Gasteiger partial charge in [-0.3, -0.25) is 9.52 Å². The second-order valence-corrected chi connectivity index (χ2v) is 9.01. The number of hydrogen-bond acceptors (Lipinski definition) is 4. The van der Waals surface area contributed by atoms with Crippen LogP contribution in [-0.2, 0) is 16.4 Å². The summed E-state index contributed by atoms with van der Waals surface area (Å²) in [5.74, 6) is 1.04. The van der Waals surface area contributed by atoms with Gasteiger partial charge in [-0.15, -0.1) is 0 Å². The summed E-state index contributed by atoms with van der Waals surface area (Å²) in [6, 6.07) is 20.2. The topological polar surface area (TPSA) is 98.5 Å². The van der Waals surface area contributed by atoms with Gasteiger partial charge in [0, 0.05) is 5.56 Å². The number of ether oxygens (including phenoxy) is 1. The molecule has 0 aliphatic rings. The van der Waals surface area contributed by atoms with Crippen LogP contribution in [0.3, 0.4) is 0 Å². The van der Waals surface area contributed by atoms with Crippen molar-refractivity contribution in [3.05, 3.63) is 83.9 Å². The molecule has 0 saturated heterocycles. The predicted molar refractivity (Wildman–Crippen MR) is 117 cm³/mol. The van der Waals surface area contributed by atoms with Gasteiger partial charge in [-0.25, -0.2) is 8.42 Å². The molecule has 0 spiro atoms. The molecule has 0 unspecified atom stereocenters. The number of anilines is 1. The molecule has 0 bridgehead atoms. The van der Waals surface area contributed by atoms with Crippen LogP contribution < -0.4 is 15.2 Å². The van der Waals surface area contributed by atoms with E-state index in [1.54, 1.807) is 12.1 Å². The van der Waals surface area contributed by atoms with Gasteiger partial charge in [-0.05, 0) is 72.5 Å². The summed E-state index contributed by atoms with van der Waals surface area (Å²) in [4.78, 5) is 11.3. The van der Waals surface area contributed by atoms with Gasteiger partial charge < -0.3 is 10.5 Å². The van der Waals surface area contributed by atoms with Crippen LogP contribution in [0.1, 0.15) is 29.8 Å². The summed E-state index contributed by atoms with van der Waals surface area (Å²) >= 11 is 0. The summed E-state index contributed by atoms with van der Waals surface area (Å²) in [6.07, 6.45) is 0.671. The van der Waals surface area contributed by atoms with E-state index in [4.69, 9.17) is 10.5 Å². The fraction of sp³-hybridized carbons (Fsp3) is 0.174. The van der Waals surface area contributed by atoms with E-state index >= 15 is 0 Å². The van der Waals surface area contributed by atoms with Crippen molar-refractivity contribution in [3.8, 4) is 11.5 Å². The average molecular weight is 425 g/mol. The Labute approximate surface area is 176 Å². The monoisotopic (exact) mass is 424 g/mol. The van der Waals surface area contributed by atoms with E-state index in [1.165, 1.54) is 24.3 Å². The standard InChI is InChI=1S/C23H24N2O4S/c1-16(2)14-18-15-20(29-19-6-4-3-5-7-19)10-13-22(18)25-30(27,28)21-11-8-17(9-12-21)23(24)26/h3-13,15-16,25H,14H2,1-2H3,(H2,24,26). The highest BCUT2D eigenvalue weighted by molar-refractivity contribution is 7.92. The van der Waals surface area contributed by atoms with Gasteiger partial charge in [0.25, 0.3) is 10.0 Å². The fourth-order valence-corrected chi connectivity index (χ4v) is 4.07. The first-order valence-corrected chi connectivity index (χ1v) is 11.0. The minimum Gasteiger partial charge on any atom is -0.457 e. The van der Waals surface area contributed by atoms with Crippen molar-refractivity contribution in [2.24, 2.45) is 11.7 Å². The number of primary amides is 1. The Kier molecular flexibility index (Phi) is 6.42. The van der Waals surface area contributed by atoms with E-state index in [0.29, 0.717) is 29.5 Å². The lowest BCUT2D eigenvalue weighted by Crippen LogP contribution is -2.16. The predicted octanol–water partition coefficient (Wildman–Crippen LogP) is 4.58. The lowest BCUT2D eigenvalue weighted by atomic mass is 10.0. The van der Waals surface area contributed by atoms with Crippen LogP contribution >= 0.6 is 0 Å². The third-order valence-electron chi connectivity index (χ3n) is 4.38. The maximum atomic E-state index is 12.8. The third-order valence-corrected chi connectivity index (χ3v) is 5.76. The Morgan fingerprint density at radius 2 is 1.63 bits per heavy atom. The van der Waals surface area contributed by atoms with Gasteiger partial charge in [-0.1, -0.05) is 32.0 Å². The molecular formula is C23H24N2O4S. The highest BCUT2D eigenvalue weighted by atomic mass is 32.2. The number of nitrogens with two attached hydrogens (primary N) is 1. The second-order valence-electron chi connectivity index (χ2n) is 7.33.